The topological polar surface area (TPSA) is 52.7 Å². The fourth-order valence-electron chi connectivity index (χ4n) is 2.85. The lowest BCUT2D eigenvalue weighted by Gasteiger charge is -2.23. The van der Waals surface area contributed by atoms with Crippen LogP contribution in [0.15, 0.2) is 54.6 Å². The van der Waals surface area contributed by atoms with E-state index < -0.39 is 6.04 Å². The number of nitrogens with zero attached hydrogens (tertiary/aromatic N) is 2. The minimum absolute atomic E-state index is 0.0342. The second-order valence-corrected chi connectivity index (χ2v) is 6.43. The van der Waals surface area contributed by atoms with Gasteiger partial charge in [-0.3, -0.25) is 14.5 Å². The number of carbonyl (C=O) groups is 2. The second-order valence-electron chi connectivity index (χ2n) is 6.07. The van der Waals surface area contributed by atoms with Crippen LogP contribution in [0.2, 0.25) is 0 Å². The lowest BCUT2D eigenvalue weighted by atomic mass is 10.1. The molecule has 1 N–H and O–H groups in total. The molecule has 0 spiro atoms. The zero-order chi connectivity index (χ0) is 18.7. The molecule has 0 radical (unpaired) electrons. The van der Waals surface area contributed by atoms with Crippen molar-refractivity contribution in [2.24, 2.45) is 0 Å². The van der Waals surface area contributed by atoms with E-state index in [1.54, 1.807) is 11.9 Å². The normalized spacial score (nSPS) is 16.9. The molecule has 0 unspecified atom stereocenters. The number of anilines is 1. The Bertz CT molecular complexity index is 826. The van der Waals surface area contributed by atoms with Crippen molar-refractivity contribution in [1.29, 1.82) is 0 Å². The fraction of sp³-hybridized carbons (Fsp3) is 0.211. The smallest absolute Gasteiger partial charge is 0.251 e. The molecule has 1 aliphatic rings. The average Bonchev–Trinajstić information content (AvgIpc) is 2.83. The van der Waals surface area contributed by atoms with Gasteiger partial charge in [0.25, 0.3) is 5.91 Å². The summed E-state index contributed by atoms with van der Waals surface area (Å²) in [5.41, 5.74) is 1.48. The minimum Gasteiger partial charge on any atom is -0.332 e. The molecule has 2 amide bonds. The van der Waals surface area contributed by atoms with E-state index in [9.17, 15) is 14.0 Å². The van der Waals surface area contributed by atoms with Crippen LogP contribution in [0, 0.1) is 5.82 Å². The van der Waals surface area contributed by atoms with Crippen molar-refractivity contribution in [3.05, 3.63) is 66.0 Å². The summed E-state index contributed by atoms with van der Waals surface area (Å²) in [5.74, 6) is -0.915. The fourth-order valence-corrected chi connectivity index (χ4v) is 3.14. The van der Waals surface area contributed by atoms with Gasteiger partial charge in [0.2, 0.25) is 5.91 Å². The van der Waals surface area contributed by atoms with E-state index in [4.69, 9.17) is 12.2 Å². The lowest BCUT2D eigenvalue weighted by molar-refractivity contribution is -0.130. The third-order valence-electron chi connectivity index (χ3n) is 4.23. The molecular formula is C19H18FN3O2S. The van der Waals surface area contributed by atoms with E-state index in [-0.39, 0.29) is 24.1 Å². The van der Waals surface area contributed by atoms with Gasteiger partial charge in [-0.25, -0.2) is 4.39 Å². The number of thiocarbonyl (C=S) groups is 1. The van der Waals surface area contributed by atoms with E-state index in [0.717, 1.165) is 5.56 Å². The second kappa shape index (κ2) is 7.61. The van der Waals surface area contributed by atoms with Crippen LogP contribution in [-0.2, 0) is 16.1 Å². The zero-order valence-electron chi connectivity index (χ0n) is 14.2. The van der Waals surface area contributed by atoms with Crippen LogP contribution in [0.4, 0.5) is 10.1 Å². The Morgan fingerprint density at radius 2 is 1.81 bits per heavy atom. The molecular weight excluding hydrogens is 353 g/mol. The molecule has 1 fully saturated rings. The Morgan fingerprint density at radius 1 is 1.15 bits per heavy atom. The molecule has 7 heteroatoms. The highest BCUT2D eigenvalue weighted by molar-refractivity contribution is 7.80. The number of amides is 2. The van der Waals surface area contributed by atoms with Gasteiger partial charge < -0.3 is 10.2 Å². The van der Waals surface area contributed by atoms with Crippen LogP contribution in [0.5, 0.6) is 0 Å². The average molecular weight is 371 g/mol. The number of rotatable bonds is 5. The highest BCUT2D eigenvalue weighted by Crippen LogP contribution is 2.22. The first kappa shape index (κ1) is 18.0. The molecule has 0 aromatic heterocycles. The predicted molar refractivity (Wildman–Crippen MR) is 101 cm³/mol. The quantitative estimate of drug-likeness (QED) is 0.822. The summed E-state index contributed by atoms with van der Waals surface area (Å²) in [7, 11) is 1.61. The van der Waals surface area contributed by atoms with Crippen molar-refractivity contribution in [3.8, 4) is 0 Å². The molecule has 2 aromatic carbocycles. The maximum atomic E-state index is 13.0. The predicted octanol–water partition coefficient (Wildman–Crippen LogP) is 2.78. The summed E-state index contributed by atoms with van der Waals surface area (Å²) < 4.78 is 13.0. The number of carbonyl (C=O) groups excluding carboxylic acids is 2. The summed E-state index contributed by atoms with van der Waals surface area (Å²) in [5, 5.41) is 3.09. The molecule has 0 saturated carbocycles. The van der Waals surface area contributed by atoms with Gasteiger partial charge in [-0.1, -0.05) is 30.3 Å². The first-order valence-electron chi connectivity index (χ1n) is 8.13. The van der Waals surface area contributed by atoms with Gasteiger partial charge in [0.1, 0.15) is 11.9 Å². The van der Waals surface area contributed by atoms with Gasteiger partial charge in [-0.05, 0) is 42.0 Å². The molecule has 0 aliphatic carbocycles. The maximum absolute atomic E-state index is 13.0. The number of hydrogen-bond acceptors (Lipinski definition) is 3. The van der Waals surface area contributed by atoms with E-state index >= 15 is 0 Å². The Kier molecular flexibility index (Phi) is 5.27. The lowest BCUT2D eigenvalue weighted by Crippen LogP contribution is -2.37. The standard InChI is InChI=1S/C19H18FN3O2S/c1-22-18(25)16(11-17(24)21-15-9-7-14(20)8-10-15)23(19(22)26)12-13-5-3-2-4-6-13/h2-10,16H,11-12H2,1H3,(H,21,24)/t16-/m1/s1. The Labute approximate surface area is 156 Å². The Balaban J connectivity index is 1.72. The number of likely N-dealkylation sites (N-methyl/N-ethyl adjacent to an activating group) is 1. The van der Waals surface area contributed by atoms with Gasteiger partial charge in [-0.15, -0.1) is 0 Å². The third-order valence-corrected chi connectivity index (χ3v) is 4.74. The first-order valence-corrected chi connectivity index (χ1v) is 8.54. The van der Waals surface area contributed by atoms with Crippen molar-refractivity contribution in [2.45, 2.75) is 19.0 Å². The van der Waals surface area contributed by atoms with Crippen LogP contribution < -0.4 is 5.32 Å². The summed E-state index contributed by atoms with van der Waals surface area (Å²) in [6.45, 7) is 0.449. The van der Waals surface area contributed by atoms with Crippen LogP contribution in [-0.4, -0.2) is 39.8 Å². The van der Waals surface area contributed by atoms with Crippen LogP contribution in [0.3, 0.4) is 0 Å². The largest absolute Gasteiger partial charge is 0.332 e. The molecule has 2 aromatic rings. The van der Waals surface area contributed by atoms with Crippen molar-refractivity contribution >= 4 is 34.8 Å². The molecule has 0 bridgehead atoms. The molecule has 3 rings (SSSR count). The van der Waals surface area contributed by atoms with E-state index in [1.165, 1.54) is 29.2 Å². The number of nitrogens with one attached hydrogen (secondary N) is 1. The van der Waals surface area contributed by atoms with Crippen LogP contribution >= 0.6 is 12.2 Å². The number of hydrogen-bond donors (Lipinski definition) is 1. The van der Waals surface area contributed by atoms with Crippen LogP contribution in [0.1, 0.15) is 12.0 Å². The molecule has 1 saturated heterocycles. The van der Waals surface area contributed by atoms with Gasteiger partial charge in [-0.2, -0.15) is 0 Å². The highest BCUT2D eigenvalue weighted by Gasteiger charge is 2.41. The summed E-state index contributed by atoms with van der Waals surface area (Å²) in [6.07, 6.45) is -0.0342. The maximum Gasteiger partial charge on any atom is 0.251 e. The summed E-state index contributed by atoms with van der Waals surface area (Å²) in [4.78, 5) is 28.0. The van der Waals surface area contributed by atoms with Crippen molar-refractivity contribution in [1.82, 2.24) is 9.80 Å². The summed E-state index contributed by atoms with van der Waals surface area (Å²) in [6, 6.07) is 14.4. The monoisotopic (exact) mass is 371 g/mol. The molecule has 134 valence electrons. The molecule has 5 nitrogen and oxygen atoms in total. The minimum atomic E-state index is -0.659. The number of halogens is 1. The van der Waals surface area contributed by atoms with Crippen molar-refractivity contribution < 1.29 is 14.0 Å². The highest BCUT2D eigenvalue weighted by atomic mass is 32.1. The SMILES string of the molecule is CN1C(=O)[C@@H](CC(=O)Nc2ccc(F)cc2)N(Cc2ccccc2)C1=S. The molecule has 26 heavy (non-hydrogen) atoms. The molecule has 1 atom stereocenters. The molecule has 1 heterocycles. The van der Waals surface area contributed by atoms with Gasteiger partial charge in [0.05, 0.1) is 6.42 Å². The van der Waals surface area contributed by atoms with Gasteiger partial charge >= 0.3 is 0 Å². The first-order chi connectivity index (χ1) is 12.5. The zero-order valence-corrected chi connectivity index (χ0v) is 15.0. The Morgan fingerprint density at radius 3 is 2.46 bits per heavy atom. The molecule has 1 aliphatic heterocycles. The van der Waals surface area contributed by atoms with Gasteiger partial charge in [0.15, 0.2) is 5.11 Å². The van der Waals surface area contributed by atoms with Crippen molar-refractivity contribution in [2.75, 3.05) is 12.4 Å². The van der Waals surface area contributed by atoms with Crippen molar-refractivity contribution in [3.63, 3.8) is 0 Å². The van der Waals surface area contributed by atoms with E-state index in [0.29, 0.717) is 17.3 Å². The van der Waals surface area contributed by atoms with E-state index in [2.05, 4.69) is 5.32 Å². The van der Waals surface area contributed by atoms with E-state index in [1.807, 2.05) is 30.3 Å². The summed E-state index contributed by atoms with van der Waals surface area (Å²) >= 11 is 5.37. The van der Waals surface area contributed by atoms with Crippen LogP contribution in [0.25, 0.3) is 0 Å². The number of benzene rings is 2. The third kappa shape index (κ3) is 3.88. The van der Waals surface area contributed by atoms with Gasteiger partial charge in [0, 0.05) is 19.3 Å². The Hall–Kier alpha value is -2.80.